The first kappa shape index (κ1) is 29.2. The molecule has 2 nitrogen and oxygen atoms in total. The van der Waals surface area contributed by atoms with Gasteiger partial charge in [-0.05, 0) is 38.5 Å². The van der Waals surface area contributed by atoms with Gasteiger partial charge < -0.3 is 9.47 Å². The molecule has 0 spiro atoms. The molecule has 8 rings (SSSR count). The molecule has 2 saturated heterocycles. The summed E-state index contributed by atoms with van der Waals surface area (Å²) in [5.74, 6) is 10.8. The van der Waals surface area contributed by atoms with E-state index in [1.807, 2.05) is 0 Å². The van der Waals surface area contributed by atoms with Crippen LogP contribution in [-0.4, -0.2) is 26.4 Å². The Labute approximate surface area is 257 Å². The first-order valence-corrected chi connectivity index (χ1v) is 13.1. The van der Waals surface area contributed by atoms with Gasteiger partial charge in [0.25, 0.3) is 0 Å². The van der Waals surface area contributed by atoms with Crippen molar-refractivity contribution in [1.29, 1.82) is 0 Å². The summed E-state index contributed by atoms with van der Waals surface area (Å²) >= 11 is 0. The summed E-state index contributed by atoms with van der Waals surface area (Å²) in [4.78, 5) is 0. The van der Waals surface area contributed by atoms with Crippen molar-refractivity contribution < 1.29 is 49.9 Å². The maximum absolute atomic E-state index is 4.94. The Hall–Kier alpha value is -0.822. The maximum Gasteiger partial charge on any atom is 0.0466 e. The summed E-state index contributed by atoms with van der Waals surface area (Å²) < 4.78 is 9.89. The van der Waals surface area contributed by atoms with Gasteiger partial charge in [-0.1, -0.05) is 97.2 Å². The SMILES string of the molecule is C1CCOC1.C1CCOC1.[CH]1[C]2C=CC=C[C]2[C]2C=CC=C[C]12.[CH]1[C]2C=CC=C[C]2[C]2C=CC=C[C]12.[Sm]. The molecule has 2 heterocycles. The van der Waals surface area contributed by atoms with Crippen LogP contribution in [0.2, 0.25) is 0 Å². The van der Waals surface area contributed by atoms with Crippen molar-refractivity contribution in [1.82, 2.24) is 0 Å². The van der Waals surface area contributed by atoms with Crippen LogP contribution in [0.4, 0.5) is 0 Å². The van der Waals surface area contributed by atoms with Crippen LogP contribution in [0.25, 0.3) is 0 Å². The third-order valence-electron chi connectivity index (χ3n) is 6.70. The number of fused-ring (bicyclic) bond motifs is 6. The second kappa shape index (κ2) is 15.7. The fourth-order valence-corrected chi connectivity index (χ4v) is 4.83. The van der Waals surface area contributed by atoms with E-state index in [2.05, 4.69) is 110 Å². The van der Waals surface area contributed by atoms with Crippen molar-refractivity contribution >= 4 is 0 Å². The molecule has 188 valence electrons. The molecular weight excluding hydrogens is 591 g/mol. The van der Waals surface area contributed by atoms with Crippen molar-refractivity contribution in [3.63, 3.8) is 0 Å². The van der Waals surface area contributed by atoms with Gasteiger partial charge in [0.2, 0.25) is 0 Å². The first-order chi connectivity index (χ1) is 17.9. The molecule has 0 unspecified atom stereocenters. The van der Waals surface area contributed by atoms with Crippen LogP contribution in [0.1, 0.15) is 25.7 Å². The van der Waals surface area contributed by atoms with Gasteiger partial charge in [0.1, 0.15) is 0 Å². The summed E-state index contributed by atoms with van der Waals surface area (Å²) in [5.41, 5.74) is 0. The standard InChI is InChI=1S/2C13H9.2C4H8O.Sm/c2*1-3-7-12-10(5-1)9-11-6-2-4-8-13(11)12;2*1-2-4-5-3-1;/h2*1-9H;2*1-4H2;. The van der Waals surface area contributed by atoms with Crippen LogP contribution in [0.5, 0.6) is 0 Å². The molecule has 8 aliphatic rings. The molecule has 6 aliphatic carbocycles. The Kier molecular flexibility index (Phi) is 12.4. The Morgan fingerprint density at radius 2 is 0.595 bits per heavy atom. The van der Waals surface area contributed by atoms with Crippen molar-refractivity contribution in [2.45, 2.75) is 25.7 Å². The van der Waals surface area contributed by atoms with Gasteiger partial charge in [-0.25, -0.2) is 0 Å². The molecule has 0 aromatic rings. The number of allylic oxidation sites excluding steroid dienone is 16. The van der Waals surface area contributed by atoms with Gasteiger partial charge in [-0.2, -0.15) is 0 Å². The topological polar surface area (TPSA) is 18.5 Å². The van der Waals surface area contributed by atoms with Gasteiger partial charge in [0.05, 0.1) is 0 Å². The van der Waals surface area contributed by atoms with Gasteiger partial charge >= 0.3 is 0 Å². The molecule has 37 heavy (non-hydrogen) atoms. The smallest absolute Gasteiger partial charge is 0.0466 e. The van der Waals surface area contributed by atoms with Gasteiger partial charge in [0.15, 0.2) is 0 Å². The number of hydrogen-bond donors (Lipinski definition) is 0. The zero-order chi connectivity index (χ0) is 24.4. The third-order valence-corrected chi connectivity index (χ3v) is 6.70. The molecule has 0 amide bonds. The zero-order valence-electron chi connectivity index (χ0n) is 21.3. The summed E-state index contributed by atoms with van der Waals surface area (Å²) in [6.07, 6.45) is 43.7. The van der Waals surface area contributed by atoms with E-state index >= 15 is 0 Å². The van der Waals surface area contributed by atoms with E-state index < -0.39 is 0 Å². The monoisotopic (exact) mass is 626 g/mol. The fraction of sp³-hybridized carbons (Fsp3) is 0.235. The third kappa shape index (κ3) is 8.09. The molecule has 0 atom stereocenters. The number of ether oxygens (including phenoxy) is 2. The van der Waals surface area contributed by atoms with Crippen LogP contribution in [0.3, 0.4) is 0 Å². The van der Waals surface area contributed by atoms with E-state index in [0.29, 0.717) is 0 Å². The second-order valence-corrected chi connectivity index (χ2v) is 9.28. The molecule has 0 aromatic carbocycles. The summed E-state index contributed by atoms with van der Waals surface area (Å²) in [7, 11) is 0. The molecule has 4 fully saturated rings. The van der Waals surface area contributed by atoms with E-state index in [1.165, 1.54) is 73.0 Å². The van der Waals surface area contributed by atoms with E-state index in [9.17, 15) is 0 Å². The summed E-state index contributed by atoms with van der Waals surface area (Å²) in [6, 6.07) is 0. The summed E-state index contributed by atoms with van der Waals surface area (Å²) in [5, 5.41) is 0. The Bertz CT molecular complexity index is 772. The maximum atomic E-state index is 4.94. The number of rotatable bonds is 0. The molecule has 10 radical (unpaired) electrons. The van der Waals surface area contributed by atoms with Crippen molar-refractivity contribution in [2.24, 2.45) is 0 Å². The average Bonchev–Trinajstić information content (AvgIpc) is 3.77. The van der Waals surface area contributed by atoms with Crippen LogP contribution in [-0.2, 0) is 9.47 Å². The van der Waals surface area contributed by atoms with Gasteiger partial charge in [-0.15, -0.1) is 0 Å². The van der Waals surface area contributed by atoms with E-state index in [4.69, 9.17) is 9.47 Å². The van der Waals surface area contributed by atoms with Crippen molar-refractivity contribution in [3.8, 4) is 0 Å². The van der Waals surface area contributed by atoms with Crippen LogP contribution >= 0.6 is 0 Å². The largest absolute Gasteiger partial charge is 0.381 e. The Morgan fingerprint density at radius 1 is 0.351 bits per heavy atom. The summed E-state index contributed by atoms with van der Waals surface area (Å²) in [6.45, 7) is 4.00. The molecular formula is C34H34O2Sm. The molecule has 2 aliphatic heterocycles. The number of hydrogen-bond acceptors (Lipinski definition) is 2. The Balaban J connectivity index is 0.000000125. The van der Waals surface area contributed by atoms with E-state index in [1.54, 1.807) is 0 Å². The van der Waals surface area contributed by atoms with Crippen molar-refractivity contribution in [2.75, 3.05) is 26.4 Å². The quantitative estimate of drug-likeness (QED) is 0.286. The predicted molar refractivity (Wildman–Crippen MR) is 148 cm³/mol. The fourth-order valence-electron chi connectivity index (χ4n) is 4.83. The van der Waals surface area contributed by atoms with Gasteiger partial charge in [0, 0.05) is 114 Å². The minimum atomic E-state index is 0. The van der Waals surface area contributed by atoms with Crippen LogP contribution in [0, 0.1) is 101 Å². The molecule has 2 saturated carbocycles. The van der Waals surface area contributed by atoms with Crippen LogP contribution in [0.15, 0.2) is 97.2 Å². The van der Waals surface area contributed by atoms with E-state index in [0.717, 1.165) is 26.4 Å². The van der Waals surface area contributed by atoms with Crippen molar-refractivity contribution in [3.05, 3.63) is 157 Å². The minimum Gasteiger partial charge on any atom is -0.381 e. The molecule has 0 N–H and O–H groups in total. The van der Waals surface area contributed by atoms with E-state index in [-0.39, 0.29) is 40.4 Å². The van der Waals surface area contributed by atoms with Crippen LogP contribution < -0.4 is 0 Å². The average molecular weight is 625 g/mol. The minimum absolute atomic E-state index is 0. The first-order valence-electron chi connectivity index (χ1n) is 13.1. The Morgan fingerprint density at radius 3 is 0.811 bits per heavy atom. The van der Waals surface area contributed by atoms with Gasteiger partial charge in [-0.3, -0.25) is 0 Å². The predicted octanol–water partition coefficient (Wildman–Crippen LogP) is 7.10. The zero-order valence-corrected chi connectivity index (χ0v) is 23.9. The molecule has 0 bridgehead atoms. The normalized spacial score (nSPS) is 26.4. The molecule has 0 aromatic heterocycles. The second-order valence-electron chi connectivity index (χ2n) is 9.28. The molecule has 3 heteroatoms.